The predicted molar refractivity (Wildman–Crippen MR) is 103 cm³/mol. The average molecular weight is 353 g/mol. The van der Waals surface area contributed by atoms with E-state index in [9.17, 15) is 0 Å². The van der Waals surface area contributed by atoms with Crippen LogP contribution in [0.25, 0.3) is 0 Å². The Morgan fingerprint density at radius 3 is 2.64 bits per heavy atom. The van der Waals surface area contributed by atoms with Crippen molar-refractivity contribution in [1.29, 1.82) is 0 Å². The maximum atomic E-state index is 5.31. The summed E-state index contributed by atoms with van der Waals surface area (Å²) in [4.78, 5) is 4.24. The number of aromatic nitrogens is 3. The van der Waals surface area contributed by atoms with Crippen LogP contribution in [0.15, 0.2) is 54.9 Å². The normalized spacial score (nSPS) is 10.3. The number of nitrogens with one attached hydrogen (secondary N) is 2. The zero-order valence-corrected chi connectivity index (χ0v) is 14.9. The van der Waals surface area contributed by atoms with Gasteiger partial charge in [-0.05, 0) is 36.8 Å². The summed E-state index contributed by atoms with van der Waals surface area (Å²) >= 11 is 5.31. The molecule has 1 heterocycles. The summed E-state index contributed by atoms with van der Waals surface area (Å²) < 4.78 is 7.05. The molecule has 0 saturated heterocycles. The Kier molecular flexibility index (Phi) is 5.25. The molecule has 7 heteroatoms. The highest BCUT2D eigenvalue weighted by Gasteiger charge is 2.07. The maximum Gasteiger partial charge on any atom is 0.248 e. The summed E-state index contributed by atoms with van der Waals surface area (Å²) in [6, 6.07) is 15.9. The maximum absolute atomic E-state index is 5.31. The summed E-state index contributed by atoms with van der Waals surface area (Å²) in [5.41, 5.74) is 3.18. The Morgan fingerprint density at radius 1 is 1.12 bits per heavy atom. The van der Waals surface area contributed by atoms with Crippen LogP contribution in [0.4, 0.5) is 11.6 Å². The first-order chi connectivity index (χ1) is 12.1. The van der Waals surface area contributed by atoms with E-state index < -0.39 is 0 Å². The fourth-order valence-corrected chi connectivity index (χ4v) is 2.51. The van der Waals surface area contributed by atoms with Gasteiger partial charge < -0.3 is 10.1 Å². The van der Waals surface area contributed by atoms with Crippen LogP contribution in [-0.4, -0.2) is 27.0 Å². The first kappa shape index (κ1) is 16.9. The van der Waals surface area contributed by atoms with Gasteiger partial charge in [-0.25, -0.2) is 9.67 Å². The van der Waals surface area contributed by atoms with Crippen molar-refractivity contribution in [3.05, 3.63) is 66.0 Å². The van der Waals surface area contributed by atoms with Gasteiger partial charge in [0.2, 0.25) is 5.95 Å². The molecule has 0 spiro atoms. The molecule has 3 rings (SSSR count). The van der Waals surface area contributed by atoms with E-state index in [2.05, 4.69) is 51.9 Å². The molecule has 0 bridgehead atoms. The van der Waals surface area contributed by atoms with Crippen LogP contribution in [0, 0.1) is 6.92 Å². The molecular weight excluding hydrogens is 334 g/mol. The summed E-state index contributed by atoms with van der Waals surface area (Å²) in [5, 5.41) is 10.8. The third-order valence-electron chi connectivity index (χ3n) is 3.58. The van der Waals surface area contributed by atoms with E-state index in [4.69, 9.17) is 17.0 Å². The standard InChI is InChI=1S/C18H19N5OS/c1-13-7-9-14(10-8-13)11-23-12-19-17(22-23)21-18(25)20-15-5-3-4-6-16(15)24-2/h3-10,12H,11H2,1-2H3,(H2,20,21,22,25). The number of hydrogen-bond donors (Lipinski definition) is 2. The van der Waals surface area contributed by atoms with E-state index >= 15 is 0 Å². The molecule has 0 saturated carbocycles. The van der Waals surface area contributed by atoms with Gasteiger partial charge in [-0.1, -0.05) is 42.0 Å². The van der Waals surface area contributed by atoms with Crippen molar-refractivity contribution < 1.29 is 4.74 Å². The van der Waals surface area contributed by atoms with Crippen molar-refractivity contribution >= 4 is 29.0 Å². The van der Waals surface area contributed by atoms with E-state index in [1.54, 1.807) is 18.1 Å². The fraction of sp³-hybridized carbons (Fsp3) is 0.167. The topological polar surface area (TPSA) is 64.0 Å². The lowest BCUT2D eigenvalue weighted by Crippen LogP contribution is -2.20. The van der Waals surface area contributed by atoms with Crippen LogP contribution in [0.3, 0.4) is 0 Å². The summed E-state index contributed by atoms with van der Waals surface area (Å²) in [5.74, 6) is 1.16. The van der Waals surface area contributed by atoms with Crippen molar-refractivity contribution in [3.63, 3.8) is 0 Å². The average Bonchev–Trinajstić information content (AvgIpc) is 3.04. The van der Waals surface area contributed by atoms with Gasteiger partial charge in [-0.3, -0.25) is 5.32 Å². The number of nitrogens with zero attached hydrogens (tertiary/aromatic N) is 3. The molecular formula is C18H19N5OS. The highest BCUT2D eigenvalue weighted by atomic mass is 32.1. The van der Waals surface area contributed by atoms with Crippen molar-refractivity contribution in [2.75, 3.05) is 17.7 Å². The van der Waals surface area contributed by atoms with E-state index in [0.717, 1.165) is 11.3 Å². The van der Waals surface area contributed by atoms with Crippen molar-refractivity contribution in [2.45, 2.75) is 13.5 Å². The summed E-state index contributed by atoms with van der Waals surface area (Å²) in [6.07, 6.45) is 1.67. The molecule has 0 aliphatic rings. The molecule has 6 nitrogen and oxygen atoms in total. The van der Waals surface area contributed by atoms with Crippen molar-refractivity contribution in [3.8, 4) is 5.75 Å². The zero-order chi connectivity index (χ0) is 17.6. The van der Waals surface area contributed by atoms with Gasteiger partial charge in [-0.2, -0.15) is 0 Å². The molecule has 25 heavy (non-hydrogen) atoms. The Labute approximate surface area is 151 Å². The number of anilines is 2. The van der Waals surface area contributed by atoms with Gasteiger partial charge in [0.05, 0.1) is 19.3 Å². The number of para-hydroxylation sites is 2. The van der Waals surface area contributed by atoms with Crippen molar-refractivity contribution in [1.82, 2.24) is 14.8 Å². The molecule has 0 atom stereocenters. The quantitative estimate of drug-likeness (QED) is 0.685. The number of aryl methyl sites for hydroxylation is 1. The summed E-state index contributed by atoms with van der Waals surface area (Å²) in [6.45, 7) is 2.72. The monoisotopic (exact) mass is 353 g/mol. The number of hydrogen-bond acceptors (Lipinski definition) is 4. The Morgan fingerprint density at radius 2 is 1.88 bits per heavy atom. The first-order valence-electron chi connectivity index (χ1n) is 7.80. The molecule has 128 valence electrons. The van der Waals surface area contributed by atoms with Crippen LogP contribution < -0.4 is 15.4 Å². The minimum atomic E-state index is 0.401. The van der Waals surface area contributed by atoms with E-state index in [0.29, 0.717) is 23.4 Å². The van der Waals surface area contributed by atoms with E-state index in [1.807, 2.05) is 24.3 Å². The first-order valence-corrected chi connectivity index (χ1v) is 8.21. The van der Waals surface area contributed by atoms with Crippen LogP contribution in [0.5, 0.6) is 5.75 Å². The highest BCUT2D eigenvalue weighted by Crippen LogP contribution is 2.23. The molecule has 0 fully saturated rings. The molecule has 1 aromatic heterocycles. The molecule has 0 unspecified atom stereocenters. The van der Waals surface area contributed by atoms with Crippen LogP contribution in [0.1, 0.15) is 11.1 Å². The zero-order valence-electron chi connectivity index (χ0n) is 14.1. The largest absolute Gasteiger partial charge is 0.495 e. The van der Waals surface area contributed by atoms with Gasteiger partial charge in [0.1, 0.15) is 12.1 Å². The molecule has 0 amide bonds. The number of thiocarbonyl (C=S) groups is 1. The molecule has 0 radical (unpaired) electrons. The molecule has 0 aliphatic heterocycles. The molecule has 2 aromatic carbocycles. The van der Waals surface area contributed by atoms with Gasteiger partial charge >= 0.3 is 0 Å². The Bertz CT molecular complexity index is 860. The number of rotatable bonds is 5. The van der Waals surface area contributed by atoms with Crippen LogP contribution in [-0.2, 0) is 6.54 Å². The molecule has 2 N–H and O–H groups in total. The van der Waals surface area contributed by atoms with Crippen LogP contribution >= 0.6 is 12.2 Å². The Hall–Kier alpha value is -2.93. The second-order valence-corrected chi connectivity index (χ2v) is 5.94. The van der Waals surface area contributed by atoms with Crippen LogP contribution in [0.2, 0.25) is 0 Å². The SMILES string of the molecule is COc1ccccc1NC(=S)Nc1ncn(Cc2ccc(C)cc2)n1. The smallest absolute Gasteiger partial charge is 0.248 e. The minimum absolute atomic E-state index is 0.401. The lowest BCUT2D eigenvalue weighted by Gasteiger charge is -2.11. The predicted octanol–water partition coefficient (Wildman–Crippen LogP) is 3.45. The van der Waals surface area contributed by atoms with Gasteiger partial charge in [0.25, 0.3) is 0 Å². The Balaban J connectivity index is 1.61. The number of ether oxygens (including phenoxy) is 1. The van der Waals surface area contributed by atoms with Gasteiger partial charge in [-0.15, -0.1) is 5.10 Å². The lowest BCUT2D eigenvalue weighted by molar-refractivity contribution is 0.417. The second-order valence-electron chi connectivity index (χ2n) is 5.53. The second kappa shape index (κ2) is 7.76. The fourth-order valence-electron chi connectivity index (χ4n) is 2.31. The highest BCUT2D eigenvalue weighted by molar-refractivity contribution is 7.80. The van der Waals surface area contributed by atoms with E-state index in [1.165, 1.54) is 5.56 Å². The van der Waals surface area contributed by atoms with Gasteiger partial charge in [0, 0.05) is 0 Å². The third kappa shape index (κ3) is 4.54. The minimum Gasteiger partial charge on any atom is -0.495 e. The molecule has 3 aromatic rings. The van der Waals surface area contributed by atoms with Crippen molar-refractivity contribution in [2.24, 2.45) is 0 Å². The third-order valence-corrected chi connectivity index (χ3v) is 3.79. The number of benzene rings is 2. The number of methoxy groups -OCH3 is 1. The summed E-state index contributed by atoms with van der Waals surface area (Å²) in [7, 11) is 1.62. The van der Waals surface area contributed by atoms with E-state index in [-0.39, 0.29) is 0 Å². The van der Waals surface area contributed by atoms with Gasteiger partial charge in [0.15, 0.2) is 5.11 Å². The lowest BCUT2D eigenvalue weighted by atomic mass is 10.1. The molecule has 0 aliphatic carbocycles.